The monoisotopic (exact) mass is 452 g/mol. The third-order valence-corrected chi connectivity index (χ3v) is 4.58. The van der Waals surface area contributed by atoms with Gasteiger partial charge in [0.25, 0.3) is 0 Å². The van der Waals surface area contributed by atoms with Gasteiger partial charge in [-0.05, 0) is 26.7 Å². The maximum Gasteiger partial charge on any atom is 0.191 e. The standard InChI is InChI=1S/C17H32N4O2.HI/c1-17(2,21-8-12-23-13-9-21)14-20-16(18-3)19-7-4-15-5-10-22-11-6-15;/h5H,4,6-14H2,1-3H3,(H2,18,19,20);1H. The molecule has 7 heteroatoms. The molecule has 0 aliphatic carbocycles. The van der Waals surface area contributed by atoms with Gasteiger partial charge >= 0.3 is 0 Å². The van der Waals surface area contributed by atoms with Gasteiger partial charge in [0, 0.05) is 38.8 Å². The average Bonchev–Trinajstić information content (AvgIpc) is 2.59. The summed E-state index contributed by atoms with van der Waals surface area (Å²) in [7, 11) is 1.82. The molecule has 2 N–H and O–H groups in total. The zero-order chi connectivity index (χ0) is 16.5. The second kappa shape index (κ2) is 11.3. The molecular formula is C17H33IN4O2. The molecule has 2 rings (SSSR count). The fraction of sp³-hybridized carbons (Fsp3) is 0.824. The lowest BCUT2D eigenvalue weighted by Gasteiger charge is -2.41. The Bertz CT molecular complexity index is 421. The van der Waals surface area contributed by atoms with Crippen LogP contribution in [0.15, 0.2) is 16.6 Å². The van der Waals surface area contributed by atoms with Crippen LogP contribution in [0, 0.1) is 0 Å². The van der Waals surface area contributed by atoms with Gasteiger partial charge in [0.05, 0.1) is 26.4 Å². The molecule has 0 radical (unpaired) electrons. The maximum atomic E-state index is 5.44. The molecule has 0 bridgehead atoms. The summed E-state index contributed by atoms with van der Waals surface area (Å²) in [6.07, 6.45) is 4.30. The van der Waals surface area contributed by atoms with E-state index >= 15 is 0 Å². The minimum atomic E-state index is 0. The van der Waals surface area contributed by atoms with E-state index in [1.54, 1.807) is 0 Å². The smallest absolute Gasteiger partial charge is 0.191 e. The average molecular weight is 452 g/mol. The predicted octanol–water partition coefficient (Wildman–Crippen LogP) is 1.62. The minimum Gasteiger partial charge on any atom is -0.379 e. The Balaban J connectivity index is 0.00000288. The van der Waals surface area contributed by atoms with Crippen molar-refractivity contribution in [2.24, 2.45) is 4.99 Å². The van der Waals surface area contributed by atoms with E-state index in [1.165, 1.54) is 5.57 Å². The zero-order valence-corrected chi connectivity index (χ0v) is 17.6. The quantitative estimate of drug-likeness (QED) is 0.278. The molecule has 0 amide bonds. The zero-order valence-electron chi connectivity index (χ0n) is 15.3. The van der Waals surface area contributed by atoms with Crippen LogP contribution in [0.3, 0.4) is 0 Å². The molecule has 140 valence electrons. The third kappa shape index (κ3) is 7.25. The third-order valence-electron chi connectivity index (χ3n) is 4.58. The molecule has 0 spiro atoms. The Hall–Kier alpha value is -0.380. The van der Waals surface area contributed by atoms with Gasteiger partial charge in [0.2, 0.25) is 0 Å². The lowest BCUT2D eigenvalue weighted by Crippen LogP contribution is -2.56. The van der Waals surface area contributed by atoms with Crippen LogP contribution < -0.4 is 10.6 Å². The number of hydrogen-bond acceptors (Lipinski definition) is 4. The highest BCUT2D eigenvalue weighted by molar-refractivity contribution is 14.0. The molecule has 1 fully saturated rings. The molecule has 0 aromatic carbocycles. The molecule has 0 aromatic rings. The predicted molar refractivity (Wildman–Crippen MR) is 109 cm³/mol. The lowest BCUT2D eigenvalue weighted by molar-refractivity contribution is -0.00833. The first-order valence-corrected chi connectivity index (χ1v) is 8.65. The van der Waals surface area contributed by atoms with Crippen molar-refractivity contribution in [3.8, 4) is 0 Å². The molecule has 0 aromatic heterocycles. The van der Waals surface area contributed by atoms with Crippen LogP contribution in [0.25, 0.3) is 0 Å². The molecular weight excluding hydrogens is 419 g/mol. The molecule has 24 heavy (non-hydrogen) atoms. The van der Waals surface area contributed by atoms with Crippen LogP contribution in [0.1, 0.15) is 26.7 Å². The van der Waals surface area contributed by atoms with Crippen molar-refractivity contribution in [2.75, 3.05) is 59.7 Å². The van der Waals surface area contributed by atoms with Crippen molar-refractivity contribution in [3.63, 3.8) is 0 Å². The van der Waals surface area contributed by atoms with E-state index < -0.39 is 0 Å². The second-order valence-corrected chi connectivity index (χ2v) is 6.70. The Morgan fingerprint density at radius 3 is 2.58 bits per heavy atom. The van der Waals surface area contributed by atoms with Crippen LogP contribution >= 0.6 is 24.0 Å². The number of nitrogens with one attached hydrogen (secondary N) is 2. The summed E-state index contributed by atoms with van der Waals surface area (Å²) in [6.45, 7) is 11.6. The van der Waals surface area contributed by atoms with Crippen LogP contribution in [-0.2, 0) is 9.47 Å². The van der Waals surface area contributed by atoms with Gasteiger partial charge in [-0.1, -0.05) is 11.6 Å². The highest BCUT2D eigenvalue weighted by Crippen LogP contribution is 2.15. The van der Waals surface area contributed by atoms with Crippen LogP contribution in [0.5, 0.6) is 0 Å². The van der Waals surface area contributed by atoms with Crippen molar-refractivity contribution < 1.29 is 9.47 Å². The number of nitrogens with zero attached hydrogens (tertiary/aromatic N) is 2. The molecule has 0 saturated carbocycles. The summed E-state index contributed by atoms with van der Waals surface area (Å²) in [4.78, 5) is 6.80. The number of guanidine groups is 1. The number of aliphatic imine (C=N–C) groups is 1. The van der Waals surface area contributed by atoms with Gasteiger partial charge < -0.3 is 20.1 Å². The van der Waals surface area contributed by atoms with Gasteiger partial charge in [-0.15, -0.1) is 24.0 Å². The van der Waals surface area contributed by atoms with E-state index in [2.05, 4.69) is 40.4 Å². The first-order chi connectivity index (χ1) is 11.1. The van der Waals surface area contributed by atoms with E-state index in [0.29, 0.717) is 0 Å². The summed E-state index contributed by atoms with van der Waals surface area (Å²) in [6, 6.07) is 0. The van der Waals surface area contributed by atoms with Gasteiger partial charge in [0.1, 0.15) is 0 Å². The number of halogens is 1. The molecule has 2 aliphatic heterocycles. The van der Waals surface area contributed by atoms with Gasteiger partial charge in [-0.25, -0.2) is 0 Å². The summed E-state index contributed by atoms with van der Waals surface area (Å²) >= 11 is 0. The largest absolute Gasteiger partial charge is 0.379 e. The molecule has 6 nitrogen and oxygen atoms in total. The fourth-order valence-electron chi connectivity index (χ4n) is 2.94. The van der Waals surface area contributed by atoms with Crippen LogP contribution in [0.2, 0.25) is 0 Å². The van der Waals surface area contributed by atoms with E-state index in [1.807, 2.05) is 7.05 Å². The first-order valence-electron chi connectivity index (χ1n) is 8.65. The number of ether oxygens (including phenoxy) is 2. The summed E-state index contributed by atoms with van der Waals surface area (Å²) < 4.78 is 10.8. The highest BCUT2D eigenvalue weighted by Gasteiger charge is 2.28. The van der Waals surface area contributed by atoms with Crippen LogP contribution in [-0.4, -0.2) is 76.1 Å². The molecule has 0 unspecified atom stereocenters. The van der Waals surface area contributed by atoms with Crippen molar-refractivity contribution >= 4 is 29.9 Å². The molecule has 2 aliphatic rings. The van der Waals surface area contributed by atoms with E-state index in [0.717, 1.165) is 71.4 Å². The van der Waals surface area contributed by atoms with Gasteiger partial charge in [-0.2, -0.15) is 0 Å². The van der Waals surface area contributed by atoms with E-state index in [-0.39, 0.29) is 29.5 Å². The van der Waals surface area contributed by atoms with Crippen molar-refractivity contribution in [2.45, 2.75) is 32.2 Å². The highest BCUT2D eigenvalue weighted by atomic mass is 127. The maximum absolute atomic E-state index is 5.44. The normalized spacial score (nSPS) is 20.1. The second-order valence-electron chi connectivity index (χ2n) is 6.70. The number of hydrogen-bond donors (Lipinski definition) is 2. The van der Waals surface area contributed by atoms with Crippen molar-refractivity contribution in [1.82, 2.24) is 15.5 Å². The Morgan fingerprint density at radius 1 is 1.21 bits per heavy atom. The molecule has 0 atom stereocenters. The molecule has 2 heterocycles. The van der Waals surface area contributed by atoms with E-state index in [4.69, 9.17) is 9.47 Å². The van der Waals surface area contributed by atoms with Crippen molar-refractivity contribution in [1.29, 1.82) is 0 Å². The first kappa shape index (κ1) is 21.7. The Labute approximate surface area is 163 Å². The van der Waals surface area contributed by atoms with Gasteiger partial charge in [0.15, 0.2) is 5.96 Å². The minimum absolute atomic E-state index is 0. The number of rotatable bonds is 6. The van der Waals surface area contributed by atoms with Crippen LogP contribution in [0.4, 0.5) is 0 Å². The Kier molecular flexibility index (Phi) is 10.2. The number of morpholine rings is 1. The van der Waals surface area contributed by atoms with Crippen molar-refractivity contribution in [3.05, 3.63) is 11.6 Å². The summed E-state index contributed by atoms with van der Waals surface area (Å²) in [5.74, 6) is 0.874. The van der Waals surface area contributed by atoms with E-state index in [9.17, 15) is 0 Å². The fourth-order valence-corrected chi connectivity index (χ4v) is 2.94. The SMILES string of the molecule is CN=C(NCCC1=CCOCC1)NCC(C)(C)N1CCOCC1.I. The Morgan fingerprint density at radius 2 is 1.96 bits per heavy atom. The summed E-state index contributed by atoms with van der Waals surface area (Å²) in [5.41, 5.74) is 1.57. The molecule has 1 saturated heterocycles. The topological polar surface area (TPSA) is 58.1 Å². The van der Waals surface area contributed by atoms with Gasteiger partial charge in [-0.3, -0.25) is 9.89 Å². The lowest BCUT2D eigenvalue weighted by atomic mass is 10.0. The summed E-state index contributed by atoms with van der Waals surface area (Å²) in [5, 5.41) is 6.86.